The van der Waals surface area contributed by atoms with E-state index in [-0.39, 0.29) is 35.7 Å². The summed E-state index contributed by atoms with van der Waals surface area (Å²) in [6.45, 7) is 5.73. The molecule has 1 fully saturated rings. The average molecular weight is 530 g/mol. The molecule has 202 valence electrons. The van der Waals surface area contributed by atoms with Gasteiger partial charge in [-0.25, -0.2) is 18.6 Å². The van der Waals surface area contributed by atoms with Gasteiger partial charge in [0.15, 0.2) is 23.1 Å². The molecule has 1 saturated heterocycles. The molecule has 38 heavy (non-hydrogen) atoms. The Labute approximate surface area is 218 Å². The van der Waals surface area contributed by atoms with E-state index in [0.717, 1.165) is 6.07 Å². The molecule has 1 amide bonds. The number of hydrogen-bond acceptors (Lipinski definition) is 8. The smallest absolute Gasteiger partial charge is 0.410 e. The number of nitrogens with zero attached hydrogens (tertiary/aromatic N) is 4. The number of nitrogens with two attached hydrogens (primary N) is 1. The molecule has 0 unspecified atom stereocenters. The number of halogens is 2. The predicted octanol–water partition coefficient (Wildman–Crippen LogP) is 3.38. The van der Waals surface area contributed by atoms with Crippen LogP contribution in [0.15, 0.2) is 12.3 Å². The number of likely N-dealkylation sites (tertiary alicyclic amines) is 1. The highest BCUT2D eigenvalue weighted by Gasteiger charge is 2.33. The van der Waals surface area contributed by atoms with Gasteiger partial charge in [-0.15, -0.1) is 0 Å². The molecule has 1 aliphatic heterocycles. The third kappa shape index (κ3) is 5.02. The minimum Gasteiger partial charge on any atom is -0.493 e. The van der Waals surface area contributed by atoms with E-state index in [1.165, 1.54) is 20.4 Å². The standard InChI is InChI=1S/C26H29F2N5O5/c1-26(2,3)38-25(35)32-9-8-15(12-32)33-23-14(13-34)11-30-24(29)20(23)17(31-33)7-6-16-21(27)18(36-4)10-19(37-5)22(16)28/h10-11,15,34H,8-9,12-13H2,1-5H3,(H2,29,30)/t15-/m0/s1. The van der Waals surface area contributed by atoms with Crippen molar-refractivity contribution in [3.8, 4) is 23.3 Å². The molecule has 1 atom stereocenters. The Kier molecular flexibility index (Phi) is 7.33. The number of hydrogen-bond donors (Lipinski definition) is 2. The lowest BCUT2D eigenvalue weighted by Crippen LogP contribution is -2.35. The highest BCUT2D eigenvalue weighted by molar-refractivity contribution is 5.95. The molecule has 0 aliphatic carbocycles. The summed E-state index contributed by atoms with van der Waals surface area (Å²) in [6, 6.07) is 0.796. The molecule has 0 saturated carbocycles. The lowest BCUT2D eigenvalue weighted by atomic mass is 10.1. The topological polar surface area (TPSA) is 125 Å². The zero-order valence-electron chi connectivity index (χ0n) is 21.8. The number of aliphatic hydroxyl groups excluding tert-OH is 1. The van der Waals surface area contributed by atoms with E-state index in [9.17, 15) is 18.7 Å². The number of benzene rings is 1. The fourth-order valence-corrected chi connectivity index (χ4v) is 4.28. The summed E-state index contributed by atoms with van der Waals surface area (Å²) in [5.41, 5.74) is 5.98. The van der Waals surface area contributed by atoms with Crippen molar-refractivity contribution in [3.05, 3.63) is 40.7 Å². The van der Waals surface area contributed by atoms with Crippen LogP contribution in [0.5, 0.6) is 11.5 Å². The predicted molar refractivity (Wildman–Crippen MR) is 135 cm³/mol. The van der Waals surface area contributed by atoms with Gasteiger partial charge in [-0.05, 0) is 33.1 Å². The summed E-state index contributed by atoms with van der Waals surface area (Å²) in [4.78, 5) is 18.3. The second kappa shape index (κ2) is 10.3. The van der Waals surface area contributed by atoms with Crippen LogP contribution in [0.25, 0.3) is 10.9 Å². The Hall–Kier alpha value is -4.11. The van der Waals surface area contributed by atoms with Crippen LogP contribution < -0.4 is 15.2 Å². The molecule has 0 spiro atoms. The quantitative estimate of drug-likeness (QED) is 0.493. The van der Waals surface area contributed by atoms with Crippen molar-refractivity contribution in [2.24, 2.45) is 0 Å². The van der Waals surface area contributed by atoms with Crippen LogP contribution in [-0.4, -0.2) is 63.8 Å². The average Bonchev–Trinajstić information content (AvgIpc) is 3.49. The van der Waals surface area contributed by atoms with Gasteiger partial charge in [-0.1, -0.05) is 5.92 Å². The van der Waals surface area contributed by atoms with Crippen molar-refractivity contribution >= 4 is 22.8 Å². The van der Waals surface area contributed by atoms with Gasteiger partial charge in [0, 0.05) is 30.9 Å². The van der Waals surface area contributed by atoms with Crippen molar-refractivity contribution in [3.63, 3.8) is 0 Å². The molecule has 3 heterocycles. The molecule has 12 heteroatoms. The zero-order chi connectivity index (χ0) is 27.8. The molecular formula is C26H29F2N5O5. The van der Waals surface area contributed by atoms with Crippen molar-refractivity contribution in [1.29, 1.82) is 0 Å². The highest BCUT2D eigenvalue weighted by atomic mass is 19.1. The van der Waals surface area contributed by atoms with Crippen LogP contribution >= 0.6 is 0 Å². The van der Waals surface area contributed by atoms with Gasteiger partial charge in [-0.3, -0.25) is 4.68 Å². The lowest BCUT2D eigenvalue weighted by molar-refractivity contribution is 0.0288. The van der Waals surface area contributed by atoms with Crippen LogP contribution in [0.2, 0.25) is 0 Å². The van der Waals surface area contributed by atoms with Crippen LogP contribution in [-0.2, 0) is 11.3 Å². The minimum atomic E-state index is -0.993. The number of rotatable bonds is 4. The van der Waals surface area contributed by atoms with Gasteiger partial charge < -0.3 is 30.0 Å². The summed E-state index contributed by atoms with van der Waals surface area (Å²) >= 11 is 0. The molecule has 10 nitrogen and oxygen atoms in total. The molecule has 1 aliphatic rings. The number of amides is 1. The monoisotopic (exact) mass is 529 g/mol. The third-order valence-electron chi connectivity index (χ3n) is 6.04. The first-order valence-corrected chi connectivity index (χ1v) is 11.8. The fourth-order valence-electron chi connectivity index (χ4n) is 4.28. The third-order valence-corrected chi connectivity index (χ3v) is 6.04. The number of fused-ring (bicyclic) bond motifs is 1. The lowest BCUT2D eigenvalue weighted by Gasteiger charge is -2.24. The van der Waals surface area contributed by atoms with Crippen molar-refractivity contribution < 1.29 is 32.9 Å². The van der Waals surface area contributed by atoms with E-state index in [1.807, 2.05) is 0 Å². The number of aliphatic hydroxyl groups is 1. The van der Waals surface area contributed by atoms with E-state index in [2.05, 4.69) is 21.9 Å². The number of ether oxygens (including phenoxy) is 3. The van der Waals surface area contributed by atoms with Gasteiger partial charge in [0.1, 0.15) is 22.7 Å². The number of anilines is 1. The van der Waals surface area contributed by atoms with Crippen LogP contribution in [0.1, 0.15) is 50.1 Å². The zero-order valence-corrected chi connectivity index (χ0v) is 21.8. The van der Waals surface area contributed by atoms with Crippen molar-refractivity contribution in [2.75, 3.05) is 33.0 Å². The van der Waals surface area contributed by atoms with Crippen LogP contribution in [0.4, 0.5) is 19.4 Å². The number of carbonyl (C=O) groups excluding carboxylic acids is 1. The first-order valence-electron chi connectivity index (χ1n) is 11.8. The second-order valence-electron chi connectivity index (χ2n) is 9.75. The van der Waals surface area contributed by atoms with Gasteiger partial charge in [0.25, 0.3) is 0 Å². The van der Waals surface area contributed by atoms with Crippen LogP contribution in [0.3, 0.4) is 0 Å². The number of carbonyl (C=O) groups is 1. The van der Waals surface area contributed by atoms with Gasteiger partial charge in [0.2, 0.25) is 0 Å². The Balaban J connectivity index is 1.81. The summed E-state index contributed by atoms with van der Waals surface area (Å²) in [5.74, 6) is 2.83. The number of pyridine rings is 1. The maximum Gasteiger partial charge on any atom is 0.410 e. The maximum absolute atomic E-state index is 14.9. The minimum absolute atomic E-state index is 0.0823. The molecule has 3 aromatic rings. The summed E-state index contributed by atoms with van der Waals surface area (Å²) in [7, 11) is 2.49. The molecule has 4 rings (SSSR count). The summed E-state index contributed by atoms with van der Waals surface area (Å²) < 4.78 is 46.8. The summed E-state index contributed by atoms with van der Waals surface area (Å²) in [5, 5.41) is 14.9. The van der Waals surface area contributed by atoms with E-state index < -0.39 is 28.9 Å². The Morgan fingerprint density at radius 1 is 1.21 bits per heavy atom. The van der Waals surface area contributed by atoms with Crippen molar-refractivity contribution in [2.45, 2.75) is 45.4 Å². The molecule has 0 bridgehead atoms. The second-order valence-corrected chi connectivity index (χ2v) is 9.75. The fraction of sp³-hybridized carbons (Fsp3) is 0.423. The first kappa shape index (κ1) is 26.9. The SMILES string of the molecule is COc1cc(OC)c(F)c(C#Cc2nn([C@H]3CCN(C(=O)OC(C)(C)C)C3)c3c(CO)cnc(N)c23)c1F. The number of nitrogen functional groups attached to an aromatic ring is 1. The van der Waals surface area contributed by atoms with Gasteiger partial charge in [-0.2, -0.15) is 5.10 Å². The van der Waals surface area contributed by atoms with Gasteiger partial charge >= 0.3 is 6.09 Å². The summed E-state index contributed by atoms with van der Waals surface area (Å²) in [6.07, 6.45) is 1.53. The highest BCUT2D eigenvalue weighted by Crippen LogP contribution is 2.34. The van der Waals surface area contributed by atoms with E-state index in [4.69, 9.17) is 19.9 Å². The van der Waals surface area contributed by atoms with E-state index in [1.54, 1.807) is 30.4 Å². The molecule has 3 N–H and O–H groups in total. The molecule has 0 radical (unpaired) electrons. The van der Waals surface area contributed by atoms with E-state index >= 15 is 0 Å². The Morgan fingerprint density at radius 3 is 2.45 bits per heavy atom. The number of methoxy groups -OCH3 is 2. The largest absolute Gasteiger partial charge is 0.493 e. The first-order chi connectivity index (χ1) is 18.0. The normalized spacial score (nSPS) is 15.4. The molecule has 2 aromatic heterocycles. The maximum atomic E-state index is 14.9. The van der Waals surface area contributed by atoms with Crippen LogP contribution in [0, 0.1) is 23.5 Å². The Bertz CT molecular complexity index is 1430. The van der Waals surface area contributed by atoms with Crippen molar-refractivity contribution in [1.82, 2.24) is 19.7 Å². The molecular weight excluding hydrogens is 500 g/mol. The van der Waals surface area contributed by atoms with Gasteiger partial charge in [0.05, 0.1) is 37.8 Å². The van der Waals surface area contributed by atoms with E-state index in [0.29, 0.717) is 36.0 Å². The Morgan fingerprint density at radius 2 is 1.87 bits per heavy atom. The number of aromatic nitrogens is 3. The molecule has 1 aromatic carbocycles.